The standard InChI is InChI=1S/C20H22N4O2S/c1-2-13-27(25,26)20-23-22-19(18(21)14-16-9-5-3-6-10-16)24(20)15-17-11-7-4-8-12-17/h2-12,18H,1,13-15,21H2/t18-/m0/s1. The fraction of sp³-hybridized carbons (Fsp3) is 0.200. The first-order valence-electron chi connectivity index (χ1n) is 8.61. The van der Waals surface area contributed by atoms with Crippen molar-refractivity contribution >= 4 is 9.84 Å². The van der Waals surface area contributed by atoms with Crippen molar-refractivity contribution in [2.45, 2.75) is 24.2 Å². The van der Waals surface area contributed by atoms with Crippen molar-refractivity contribution in [3.63, 3.8) is 0 Å². The molecule has 1 aromatic heterocycles. The monoisotopic (exact) mass is 382 g/mol. The minimum Gasteiger partial charge on any atom is -0.321 e. The van der Waals surface area contributed by atoms with Crippen molar-refractivity contribution in [2.24, 2.45) is 5.73 Å². The van der Waals surface area contributed by atoms with Crippen LogP contribution in [-0.4, -0.2) is 28.9 Å². The SMILES string of the molecule is C=CCS(=O)(=O)c1nnc([C@@H](N)Cc2ccccc2)n1Cc1ccccc1. The highest BCUT2D eigenvalue weighted by molar-refractivity contribution is 7.91. The molecule has 2 aromatic carbocycles. The van der Waals surface area contributed by atoms with Crippen LogP contribution in [-0.2, 0) is 22.8 Å². The molecule has 7 heteroatoms. The summed E-state index contributed by atoms with van der Waals surface area (Å²) in [5, 5.41) is 8.02. The number of aromatic nitrogens is 3. The van der Waals surface area contributed by atoms with Gasteiger partial charge in [0, 0.05) is 0 Å². The Balaban J connectivity index is 2.00. The number of nitrogens with two attached hydrogens (primary N) is 1. The van der Waals surface area contributed by atoms with Gasteiger partial charge in [0.05, 0.1) is 18.3 Å². The lowest BCUT2D eigenvalue weighted by Crippen LogP contribution is -2.22. The first-order valence-corrected chi connectivity index (χ1v) is 10.3. The van der Waals surface area contributed by atoms with Gasteiger partial charge in [0.25, 0.3) is 0 Å². The van der Waals surface area contributed by atoms with E-state index in [0.717, 1.165) is 11.1 Å². The van der Waals surface area contributed by atoms with Crippen molar-refractivity contribution in [3.05, 3.63) is 90.3 Å². The summed E-state index contributed by atoms with van der Waals surface area (Å²) in [5.74, 6) is 0.249. The summed E-state index contributed by atoms with van der Waals surface area (Å²) in [5.41, 5.74) is 8.37. The minimum atomic E-state index is -3.63. The highest BCUT2D eigenvalue weighted by atomic mass is 32.2. The van der Waals surface area contributed by atoms with Crippen LogP contribution in [0.25, 0.3) is 0 Å². The quantitative estimate of drug-likeness (QED) is 0.605. The number of hydrogen-bond acceptors (Lipinski definition) is 5. The predicted molar refractivity (Wildman–Crippen MR) is 105 cm³/mol. The average molecular weight is 382 g/mol. The van der Waals surface area contributed by atoms with E-state index in [1.165, 1.54) is 6.08 Å². The highest BCUT2D eigenvalue weighted by Crippen LogP contribution is 2.20. The van der Waals surface area contributed by atoms with Gasteiger partial charge in [0.1, 0.15) is 0 Å². The molecule has 0 fully saturated rings. The Hall–Kier alpha value is -2.77. The van der Waals surface area contributed by atoms with E-state index in [0.29, 0.717) is 18.8 Å². The molecule has 0 aliphatic heterocycles. The van der Waals surface area contributed by atoms with E-state index in [2.05, 4.69) is 16.8 Å². The molecule has 3 aromatic rings. The van der Waals surface area contributed by atoms with Crippen molar-refractivity contribution < 1.29 is 8.42 Å². The number of benzene rings is 2. The third kappa shape index (κ3) is 4.50. The van der Waals surface area contributed by atoms with E-state index < -0.39 is 15.9 Å². The maximum absolute atomic E-state index is 12.6. The number of hydrogen-bond donors (Lipinski definition) is 1. The molecule has 1 atom stereocenters. The van der Waals surface area contributed by atoms with Gasteiger partial charge in [-0.15, -0.1) is 16.8 Å². The predicted octanol–water partition coefficient (Wildman–Crippen LogP) is 2.53. The third-order valence-electron chi connectivity index (χ3n) is 4.17. The molecule has 3 rings (SSSR count). The average Bonchev–Trinajstić information content (AvgIpc) is 3.08. The zero-order valence-corrected chi connectivity index (χ0v) is 15.7. The molecule has 0 saturated carbocycles. The maximum Gasteiger partial charge on any atom is 0.250 e. The molecule has 0 aliphatic rings. The van der Waals surface area contributed by atoms with Crippen molar-refractivity contribution in [3.8, 4) is 0 Å². The Morgan fingerprint density at radius 3 is 2.19 bits per heavy atom. The molecule has 0 aliphatic carbocycles. The summed E-state index contributed by atoms with van der Waals surface area (Å²) in [6, 6.07) is 18.9. The second-order valence-electron chi connectivity index (χ2n) is 6.28. The molecule has 27 heavy (non-hydrogen) atoms. The molecule has 2 N–H and O–H groups in total. The summed E-state index contributed by atoms with van der Waals surface area (Å²) in [6.45, 7) is 3.85. The molecule has 0 radical (unpaired) electrons. The summed E-state index contributed by atoms with van der Waals surface area (Å²) in [4.78, 5) is 0. The topological polar surface area (TPSA) is 90.9 Å². The molecular weight excluding hydrogens is 360 g/mol. The van der Waals surface area contributed by atoms with E-state index in [9.17, 15) is 8.42 Å². The van der Waals surface area contributed by atoms with Gasteiger partial charge in [0.15, 0.2) is 5.82 Å². The molecule has 0 saturated heterocycles. The van der Waals surface area contributed by atoms with Gasteiger partial charge in [-0.05, 0) is 17.5 Å². The number of rotatable bonds is 8. The summed E-state index contributed by atoms with van der Waals surface area (Å²) >= 11 is 0. The van der Waals surface area contributed by atoms with Gasteiger partial charge in [-0.3, -0.25) is 4.57 Å². The first kappa shape index (κ1) is 19.0. The second-order valence-corrected chi connectivity index (χ2v) is 8.21. The van der Waals surface area contributed by atoms with Gasteiger partial charge >= 0.3 is 0 Å². The third-order valence-corrected chi connectivity index (χ3v) is 5.71. The van der Waals surface area contributed by atoms with Gasteiger partial charge in [0.2, 0.25) is 15.0 Å². The maximum atomic E-state index is 12.6. The van der Waals surface area contributed by atoms with Gasteiger partial charge in [-0.1, -0.05) is 66.7 Å². The Morgan fingerprint density at radius 2 is 1.59 bits per heavy atom. The summed E-state index contributed by atoms with van der Waals surface area (Å²) in [7, 11) is -3.63. The molecule has 0 bridgehead atoms. The Morgan fingerprint density at radius 1 is 1.00 bits per heavy atom. The molecule has 0 amide bonds. The van der Waals surface area contributed by atoms with Crippen LogP contribution in [0.4, 0.5) is 0 Å². The number of nitrogens with zero attached hydrogens (tertiary/aromatic N) is 3. The van der Waals surface area contributed by atoms with Gasteiger partial charge in [-0.2, -0.15) is 0 Å². The van der Waals surface area contributed by atoms with Crippen LogP contribution >= 0.6 is 0 Å². The zero-order valence-electron chi connectivity index (χ0n) is 14.9. The molecule has 6 nitrogen and oxygen atoms in total. The largest absolute Gasteiger partial charge is 0.321 e. The van der Waals surface area contributed by atoms with Crippen LogP contribution < -0.4 is 5.73 Å². The minimum absolute atomic E-state index is 0.0789. The smallest absolute Gasteiger partial charge is 0.250 e. The van der Waals surface area contributed by atoms with E-state index in [1.54, 1.807) is 4.57 Å². The van der Waals surface area contributed by atoms with E-state index >= 15 is 0 Å². The zero-order chi connectivity index (χ0) is 19.3. The van der Waals surface area contributed by atoms with Crippen molar-refractivity contribution in [1.29, 1.82) is 0 Å². The Bertz CT molecular complexity index is 999. The van der Waals surface area contributed by atoms with Crippen LogP contribution in [0.15, 0.2) is 78.5 Å². The first-order chi connectivity index (χ1) is 13.0. The lowest BCUT2D eigenvalue weighted by atomic mass is 10.1. The Labute approximate surface area is 159 Å². The summed E-state index contributed by atoms with van der Waals surface area (Å²) in [6.07, 6.45) is 1.88. The lowest BCUT2D eigenvalue weighted by molar-refractivity contribution is 0.556. The van der Waals surface area contributed by atoms with Gasteiger partial charge in [-0.25, -0.2) is 8.42 Å². The van der Waals surface area contributed by atoms with E-state index in [1.807, 2.05) is 60.7 Å². The van der Waals surface area contributed by atoms with Crippen LogP contribution in [0.1, 0.15) is 23.0 Å². The molecule has 1 heterocycles. The Kier molecular flexibility index (Phi) is 5.83. The fourth-order valence-corrected chi connectivity index (χ4v) is 4.03. The molecule has 140 valence electrons. The van der Waals surface area contributed by atoms with Crippen LogP contribution in [0, 0.1) is 0 Å². The van der Waals surface area contributed by atoms with E-state index in [4.69, 9.17) is 5.73 Å². The van der Waals surface area contributed by atoms with Crippen LogP contribution in [0.3, 0.4) is 0 Å². The molecular formula is C20H22N4O2S. The normalized spacial score (nSPS) is 12.6. The fourth-order valence-electron chi connectivity index (χ4n) is 2.91. The molecule has 0 unspecified atom stereocenters. The van der Waals surface area contributed by atoms with Crippen molar-refractivity contribution in [1.82, 2.24) is 14.8 Å². The molecule has 0 spiro atoms. The number of sulfone groups is 1. The lowest BCUT2D eigenvalue weighted by Gasteiger charge is -2.15. The van der Waals surface area contributed by atoms with Crippen LogP contribution in [0.5, 0.6) is 0 Å². The second kappa shape index (κ2) is 8.28. The summed E-state index contributed by atoms with van der Waals surface area (Å²) < 4.78 is 26.8. The highest BCUT2D eigenvalue weighted by Gasteiger charge is 2.26. The van der Waals surface area contributed by atoms with Crippen LogP contribution in [0.2, 0.25) is 0 Å². The van der Waals surface area contributed by atoms with Gasteiger partial charge < -0.3 is 5.73 Å². The van der Waals surface area contributed by atoms with Crippen molar-refractivity contribution in [2.75, 3.05) is 5.75 Å². The van der Waals surface area contributed by atoms with E-state index in [-0.39, 0.29) is 10.9 Å².